The van der Waals surface area contributed by atoms with Gasteiger partial charge in [-0.2, -0.15) is 0 Å². The molecule has 5 rings (SSSR count). The number of aromatic nitrogens is 5. The highest BCUT2D eigenvalue weighted by molar-refractivity contribution is 6.03. The van der Waals surface area contributed by atoms with Crippen molar-refractivity contribution in [3.05, 3.63) is 76.8 Å². The van der Waals surface area contributed by atoms with Crippen molar-refractivity contribution in [2.75, 3.05) is 13.7 Å². The van der Waals surface area contributed by atoms with Crippen LogP contribution in [0.1, 0.15) is 12.0 Å². The third-order valence-electron chi connectivity index (χ3n) is 5.14. The molecule has 8 heteroatoms. The Hall–Kier alpha value is -3.91. The summed E-state index contributed by atoms with van der Waals surface area (Å²) in [5.74, 6) is 0. The quantitative estimate of drug-likeness (QED) is 0.316. The SMILES string of the molecule is COCCCn1c[nH+]c2c(c1=O)c1nc3ccccc3nc1n2N=Cc1ccccc1. The summed E-state index contributed by atoms with van der Waals surface area (Å²) in [5.41, 5.74) is 3.91. The first-order valence-corrected chi connectivity index (χ1v) is 10.1. The van der Waals surface area contributed by atoms with E-state index in [1.54, 1.807) is 28.9 Å². The maximum Gasteiger partial charge on any atom is 0.322 e. The molecule has 0 saturated carbocycles. The highest BCUT2D eigenvalue weighted by Crippen LogP contribution is 2.23. The van der Waals surface area contributed by atoms with Gasteiger partial charge in [-0.3, -0.25) is 0 Å². The Morgan fingerprint density at radius 1 is 1.06 bits per heavy atom. The molecule has 0 fully saturated rings. The third kappa shape index (κ3) is 3.47. The van der Waals surface area contributed by atoms with Crippen LogP contribution in [0.25, 0.3) is 33.2 Å². The smallest absolute Gasteiger partial charge is 0.322 e. The maximum atomic E-state index is 13.3. The van der Waals surface area contributed by atoms with E-state index in [9.17, 15) is 4.79 Å². The minimum absolute atomic E-state index is 0.131. The van der Waals surface area contributed by atoms with Crippen molar-refractivity contribution in [1.82, 2.24) is 19.2 Å². The number of nitrogens with one attached hydrogen (secondary N) is 1. The molecule has 0 aliphatic rings. The van der Waals surface area contributed by atoms with Crippen molar-refractivity contribution in [3.63, 3.8) is 0 Å². The maximum absolute atomic E-state index is 13.3. The second-order valence-corrected chi connectivity index (χ2v) is 7.19. The van der Waals surface area contributed by atoms with E-state index < -0.39 is 0 Å². The second-order valence-electron chi connectivity index (χ2n) is 7.19. The normalized spacial score (nSPS) is 11.9. The molecule has 154 valence electrons. The van der Waals surface area contributed by atoms with Crippen LogP contribution in [-0.2, 0) is 11.3 Å². The van der Waals surface area contributed by atoms with Crippen LogP contribution in [0.3, 0.4) is 0 Å². The first kappa shape index (κ1) is 19.1. The molecule has 0 bridgehead atoms. The molecule has 0 radical (unpaired) electrons. The summed E-state index contributed by atoms with van der Waals surface area (Å²) in [6.45, 7) is 1.12. The predicted octanol–water partition coefficient (Wildman–Crippen LogP) is 2.63. The lowest BCUT2D eigenvalue weighted by molar-refractivity contribution is -0.357. The van der Waals surface area contributed by atoms with Crippen LogP contribution in [0.15, 0.2) is 70.8 Å². The predicted molar refractivity (Wildman–Crippen MR) is 119 cm³/mol. The van der Waals surface area contributed by atoms with Crippen LogP contribution in [0.4, 0.5) is 0 Å². The lowest BCUT2D eigenvalue weighted by Crippen LogP contribution is -2.27. The molecule has 0 saturated heterocycles. The minimum atomic E-state index is -0.131. The zero-order chi connectivity index (χ0) is 21.2. The number of benzene rings is 2. The van der Waals surface area contributed by atoms with E-state index in [1.165, 1.54) is 0 Å². The average Bonchev–Trinajstić information content (AvgIpc) is 3.11. The first-order valence-electron chi connectivity index (χ1n) is 10.1. The number of aromatic amines is 1. The molecule has 2 aromatic carbocycles. The molecule has 0 aliphatic heterocycles. The Kier molecular flexibility index (Phi) is 4.97. The summed E-state index contributed by atoms with van der Waals surface area (Å²) in [7, 11) is 1.65. The first-order chi connectivity index (χ1) is 15.3. The molecule has 1 N–H and O–H groups in total. The van der Waals surface area contributed by atoms with Gasteiger partial charge in [0, 0.05) is 20.1 Å². The van der Waals surface area contributed by atoms with E-state index in [0.717, 1.165) is 23.0 Å². The fourth-order valence-electron chi connectivity index (χ4n) is 3.63. The van der Waals surface area contributed by atoms with Gasteiger partial charge in [0.05, 0.1) is 23.8 Å². The molecule has 0 unspecified atom stereocenters. The van der Waals surface area contributed by atoms with Crippen LogP contribution in [-0.4, -0.2) is 39.1 Å². The number of aryl methyl sites for hydroxylation is 1. The molecule has 8 nitrogen and oxygen atoms in total. The van der Waals surface area contributed by atoms with Gasteiger partial charge in [0.2, 0.25) is 5.65 Å². The van der Waals surface area contributed by atoms with Gasteiger partial charge in [0.1, 0.15) is 5.52 Å². The average molecular weight is 413 g/mol. The molecule has 5 aromatic rings. The van der Waals surface area contributed by atoms with Gasteiger partial charge in [-0.05, 0) is 17.7 Å². The molecule has 3 aromatic heterocycles. The summed E-state index contributed by atoms with van der Waals surface area (Å²) in [6, 6.07) is 17.4. The zero-order valence-corrected chi connectivity index (χ0v) is 17.0. The van der Waals surface area contributed by atoms with Gasteiger partial charge in [-0.1, -0.05) is 42.5 Å². The van der Waals surface area contributed by atoms with Gasteiger partial charge in [-0.15, -0.1) is 9.78 Å². The van der Waals surface area contributed by atoms with Crippen LogP contribution in [0.5, 0.6) is 0 Å². The van der Waals surface area contributed by atoms with Gasteiger partial charge < -0.3 is 4.74 Å². The summed E-state index contributed by atoms with van der Waals surface area (Å²) in [5, 5.41) is 5.11. The molecular weight excluding hydrogens is 392 g/mol. The Labute approximate surface area is 177 Å². The van der Waals surface area contributed by atoms with Crippen LogP contribution < -0.4 is 10.5 Å². The zero-order valence-electron chi connectivity index (χ0n) is 17.0. The second kappa shape index (κ2) is 8.08. The van der Waals surface area contributed by atoms with Crippen molar-refractivity contribution in [2.24, 2.45) is 5.10 Å². The number of rotatable bonds is 6. The topological polar surface area (TPSA) is 88.4 Å². The monoisotopic (exact) mass is 413 g/mol. The van der Waals surface area contributed by atoms with Crippen molar-refractivity contribution in [3.8, 4) is 0 Å². The fourth-order valence-corrected chi connectivity index (χ4v) is 3.63. The Bertz CT molecular complexity index is 1470. The van der Waals surface area contributed by atoms with Crippen LogP contribution in [0.2, 0.25) is 0 Å². The fraction of sp³-hybridized carbons (Fsp3) is 0.174. The van der Waals surface area contributed by atoms with Crippen molar-refractivity contribution >= 4 is 39.4 Å². The third-order valence-corrected chi connectivity index (χ3v) is 5.14. The molecule has 0 spiro atoms. The van der Waals surface area contributed by atoms with E-state index in [0.29, 0.717) is 35.3 Å². The van der Waals surface area contributed by atoms with E-state index >= 15 is 0 Å². The van der Waals surface area contributed by atoms with Crippen molar-refractivity contribution in [2.45, 2.75) is 13.0 Å². The van der Waals surface area contributed by atoms with Crippen LogP contribution in [0, 0.1) is 0 Å². The highest BCUT2D eigenvalue weighted by Gasteiger charge is 2.24. The molecule has 31 heavy (non-hydrogen) atoms. The molecule has 0 amide bonds. The molecule has 0 atom stereocenters. The molecular formula is C23H21N6O2+. The number of hydrogen-bond acceptors (Lipinski definition) is 5. The van der Waals surface area contributed by atoms with Gasteiger partial charge in [0.15, 0.2) is 11.7 Å². The Balaban J connectivity index is 1.77. The van der Waals surface area contributed by atoms with Crippen LogP contribution >= 0.6 is 0 Å². The van der Waals surface area contributed by atoms with Crippen molar-refractivity contribution < 1.29 is 9.72 Å². The number of fused-ring (bicyclic) bond motifs is 4. The number of para-hydroxylation sites is 2. The van der Waals surface area contributed by atoms with E-state index in [4.69, 9.17) is 14.7 Å². The lowest BCUT2D eigenvalue weighted by atomic mass is 10.2. The Morgan fingerprint density at radius 3 is 2.58 bits per heavy atom. The van der Waals surface area contributed by atoms with E-state index in [2.05, 4.69) is 10.1 Å². The van der Waals surface area contributed by atoms with Gasteiger partial charge >= 0.3 is 5.56 Å². The standard InChI is InChI=1S/C23H20N6O2/c1-31-13-7-12-28-15-24-21-19(23(28)30)20-22(27-18-11-6-5-10-17(18)26-20)29(21)25-14-16-8-3-2-4-9-16/h2-6,8-11,14-15H,7,12-13H2,1H3/p+1. The van der Waals surface area contributed by atoms with E-state index in [-0.39, 0.29) is 5.56 Å². The summed E-state index contributed by atoms with van der Waals surface area (Å²) in [6.07, 6.45) is 4.15. The highest BCUT2D eigenvalue weighted by atomic mass is 16.5. The lowest BCUT2D eigenvalue weighted by Gasteiger charge is -2.00. The van der Waals surface area contributed by atoms with Crippen molar-refractivity contribution in [1.29, 1.82) is 0 Å². The molecule has 0 aliphatic carbocycles. The number of methoxy groups -OCH3 is 1. The number of ether oxygens (including phenoxy) is 1. The van der Waals surface area contributed by atoms with Gasteiger partial charge in [0.25, 0.3) is 5.65 Å². The number of hydrogen-bond donors (Lipinski definition) is 0. The largest absolute Gasteiger partial charge is 0.385 e. The summed E-state index contributed by atoms with van der Waals surface area (Å²) >= 11 is 0. The number of H-pyrrole nitrogens is 1. The summed E-state index contributed by atoms with van der Waals surface area (Å²) in [4.78, 5) is 26.1. The van der Waals surface area contributed by atoms with Gasteiger partial charge in [-0.25, -0.2) is 24.3 Å². The Morgan fingerprint density at radius 2 is 1.81 bits per heavy atom. The molecule has 3 heterocycles. The number of nitrogens with zero attached hydrogens (tertiary/aromatic N) is 5. The van der Waals surface area contributed by atoms with E-state index in [1.807, 2.05) is 54.6 Å². The summed E-state index contributed by atoms with van der Waals surface area (Å²) < 4.78 is 8.41. The minimum Gasteiger partial charge on any atom is -0.385 e.